The van der Waals surface area contributed by atoms with Gasteiger partial charge in [0, 0.05) is 31.9 Å². The lowest BCUT2D eigenvalue weighted by molar-refractivity contribution is 0.120. The first-order valence-electron chi connectivity index (χ1n) is 9.51. The number of likely N-dealkylation sites (tertiary alicyclic amines) is 1. The maximum Gasteiger partial charge on any atom is 0.261 e. The maximum absolute atomic E-state index is 13.2. The minimum atomic E-state index is -2.61. The van der Waals surface area contributed by atoms with Crippen molar-refractivity contribution in [2.24, 2.45) is 7.05 Å². The molecular formula is C20H23F2N5O. The van der Waals surface area contributed by atoms with Crippen LogP contribution in [0.2, 0.25) is 0 Å². The van der Waals surface area contributed by atoms with E-state index < -0.39 is 13.0 Å². The third kappa shape index (κ3) is 3.56. The number of para-hydroxylation sites is 1. The quantitative estimate of drug-likeness (QED) is 0.653. The molecule has 2 aromatic heterocycles. The number of imidazole rings is 1. The van der Waals surface area contributed by atoms with Gasteiger partial charge in [0.2, 0.25) is 0 Å². The zero-order valence-electron chi connectivity index (χ0n) is 15.8. The zero-order chi connectivity index (χ0) is 19.7. The number of nitrogens with zero attached hydrogens (tertiary/aromatic N) is 5. The van der Waals surface area contributed by atoms with Crippen molar-refractivity contribution >= 4 is 10.9 Å². The summed E-state index contributed by atoms with van der Waals surface area (Å²) in [6, 6.07) is 6.81. The molecule has 1 aliphatic heterocycles. The van der Waals surface area contributed by atoms with Crippen molar-refractivity contribution in [1.82, 2.24) is 24.0 Å². The van der Waals surface area contributed by atoms with E-state index in [1.165, 1.54) is 4.57 Å². The van der Waals surface area contributed by atoms with Gasteiger partial charge < -0.3 is 4.57 Å². The summed E-state index contributed by atoms with van der Waals surface area (Å²) in [6.45, 7) is 1.000. The van der Waals surface area contributed by atoms with Gasteiger partial charge in [0.15, 0.2) is 0 Å². The molecule has 1 atom stereocenters. The molecule has 1 unspecified atom stereocenters. The van der Waals surface area contributed by atoms with Crippen LogP contribution in [0, 0.1) is 0 Å². The first-order chi connectivity index (χ1) is 13.5. The molecule has 1 aliphatic rings. The Hall–Kier alpha value is -2.61. The second-order valence-electron chi connectivity index (χ2n) is 7.23. The molecular weight excluding hydrogens is 364 g/mol. The minimum Gasteiger partial charge on any atom is -0.338 e. The van der Waals surface area contributed by atoms with Crippen LogP contribution in [0.3, 0.4) is 0 Å². The number of aromatic nitrogens is 4. The molecule has 1 fully saturated rings. The molecule has 28 heavy (non-hydrogen) atoms. The summed E-state index contributed by atoms with van der Waals surface area (Å²) >= 11 is 0. The summed E-state index contributed by atoms with van der Waals surface area (Å²) in [4.78, 5) is 23.9. The molecule has 0 saturated carbocycles. The van der Waals surface area contributed by atoms with E-state index in [1.54, 1.807) is 24.5 Å². The minimum absolute atomic E-state index is 0.135. The first-order valence-corrected chi connectivity index (χ1v) is 9.51. The highest BCUT2D eigenvalue weighted by atomic mass is 19.3. The molecule has 3 aromatic rings. The van der Waals surface area contributed by atoms with Crippen molar-refractivity contribution in [2.45, 2.75) is 38.3 Å². The van der Waals surface area contributed by atoms with Crippen LogP contribution in [-0.2, 0) is 20.0 Å². The molecule has 1 aromatic carbocycles. The standard InChI is InChI=1S/C20H23F2N5O/c1-25-13-23-11-14(25)8-10-26-9-4-7-17(26)19-24-16-6-3-2-5-15(16)20(28)27(19)12-18(21)22/h2-3,5-6,11,13,17-18H,4,7-10,12H2,1H3. The van der Waals surface area contributed by atoms with E-state index >= 15 is 0 Å². The molecule has 0 bridgehead atoms. The van der Waals surface area contributed by atoms with Crippen LogP contribution in [0.5, 0.6) is 0 Å². The smallest absolute Gasteiger partial charge is 0.261 e. The number of hydrogen-bond acceptors (Lipinski definition) is 4. The zero-order valence-corrected chi connectivity index (χ0v) is 15.8. The third-order valence-corrected chi connectivity index (χ3v) is 5.45. The first kappa shape index (κ1) is 18.7. The van der Waals surface area contributed by atoms with Crippen LogP contribution in [-0.4, -0.2) is 43.5 Å². The van der Waals surface area contributed by atoms with E-state index in [0.717, 1.165) is 38.0 Å². The van der Waals surface area contributed by atoms with Gasteiger partial charge in [-0.15, -0.1) is 0 Å². The van der Waals surface area contributed by atoms with E-state index in [2.05, 4.69) is 14.9 Å². The predicted molar refractivity (Wildman–Crippen MR) is 102 cm³/mol. The second-order valence-corrected chi connectivity index (χ2v) is 7.23. The Morgan fingerprint density at radius 1 is 1.29 bits per heavy atom. The summed E-state index contributed by atoms with van der Waals surface area (Å²) in [5, 5.41) is 0.381. The summed E-state index contributed by atoms with van der Waals surface area (Å²) < 4.78 is 29.6. The highest BCUT2D eigenvalue weighted by Gasteiger charge is 2.30. The number of hydrogen-bond donors (Lipinski definition) is 0. The molecule has 0 N–H and O–H groups in total. The average molecular weight is 387 g/mol. The van der Waals surface area contributed by atoms with Crippen LogP contribution < -0.4 is 5.56 Å². The van der Waals surface area contributed by atoms with Gasteiger partial charge in [0.05, 0.1) is 29.8 Å². The average Bonchev–Trinajstić information content (AvgIpc) is 3.30. The molecule has 0 amide bonds. The number of halogens is 2. The van der Waals surface area contributed by atoms with Gasteiger partial charge >= 0.3 is 0 Å². The van der Waals surface area contributed by atoms with E-state index in [4.69, 9.17) is 0 Å². The molecule has 148 valence electrons. The fourth-order valence-electron chi connectivity index (χ4n) is 4.02. The van der Waals surface area contributed by atoms with E-state index in [-0.39, 0.29) is 11.6 Å². The fraction of sp³-hybridized carbons (Fsp3) is 0.450. The second kappa shape index (κ2) is 7.79. The fourth-order valence-corrected chi connectivity index (χ4v) is 4.02. The molecule has 1 saturated heterocycles. The number of fused-ring (bicyclic) bond motifs is 1. The van der Waals surface area contributed by atoms with Gasteiger partial charge in [-0.3, -0.25) is 14.3 Å². The van der Waals surface area contributed by atoms with E-state index in [0.29, 0.717) is 16.7 Å². The number of benzene rings is 1. The van der Waals surface area contributed by atoms with Crippen molar-refractivity contribution in [3.05, 3.63) is 58.7 Å². The van der Waals surface area contributed by atoms with Crippen LogP contribution in [0.15, 0.2) is 41.6 Å². The molecule has 0 aliphatic carbocycles. The number of rotatable bonds is 6. The number of aryl methyl sites for hydroxylation is 1. The van der Waals surface area contributed by atoms with E-state index in [9.17, 15) is 13.6 Å². The Bertz CT molecular complexity index is 1030. The van der Waals surface area contributed by atoms with Gasteiger partial charge in [-0.25, -0.2) is 18.7 Å². The van der Waals surface area contributed by atoms with Crippen molar-refractivity contribution in [1.29, 1.82) is 0 Å². The van der Waals surface area contributed by atoms with Crippen molar-refractivity contribution in [3.8, 4) is 0 Å². The van der Waals surface area contributed by atoms with Crippen LogP contribution in [0.25, 0.3) is 10.9 Å². The van der Waals surface area contributed by atoms with Gasteiger partial charge in [0.25, 0.3) is 12.0 Å². The maximum atomic E-state index is 13.2. The summed E-state index contributed by atoms with van der Waals surface area (Å²) in [7, 11) is 1.95. The SMILES string of the molecule is Cn1cncc1CCN1CCCC1c1nc2ccccc2c(=O)n1CC(F)F. The Balaban J connectivity index is 1.69. The topological polar surface area (TPSA) is 56.0 Å². The van der Waals surface area contributed by atoms with Crippen molar-refractivity contribution < 1.29 is 8.78 Å². The highest BCUT2D eigenvalue weighted by Crippen LogP contribution is 2.31. The Morgan fingerprint density at radius 2 is 2.11 bits per heavy atom. The lowest BCUT2D eigenvalue weighted by Gasteiger charge is -2.26. The molecule has 6 nitrogen and oxygen atoms in total. The van der Waals surface area contributed by atoms with E-state index in [1.807, 2.05) is 23.9 Å². The molecule has 4 rings (SSSR count). The van der Waals surface area contributed by atoms with Crippen LogP contribution in [0.4, 0.5) is 8.78 Å². The predicted octanol–water partition coefficient (Wildman–Crippen LogP) is 2.77. The Morgan fingerprint density at radius 3 is 2.86 bits per heavy atom. The van der Waals surface area contributed by atoms with Gasteiger partial charge in [-0.1, -0.05) is 12.1 Å². The summed E-state index contributed by atoms with van der Waals surface area (Å²) in [6.07, 6.45) is 3.56. The monoisotopic (exact) mass is 387 g/mol. The number of alkyl halides is 2. The van der Waals surface area contributed by atoms with Crippen LogP contribution >= 0.6 is 0 Å². The molecule has 3 heterocycles. The molecule has 8 heteroatoms. The van der Waals surface area contributed by atoms with Gasteiger partial charge in [-0.05, 0) is 31.5 Å². The highest BCUT2D eigenvalue weighted by molar-refractivity contribution is 5.77. The van der Waals surface area contributed by atoms with Crippen molar-refractivity contribution in [3.63, 3.8) is 0 Å². The third-order valence-electron chi connectivity index (χ3n) is 5.45. The Labute approximate surface area is 161 Å². The van der Waals surface area contributed by atoms with Gasteiger partial charge in [0.1, 0.15) is 5.82 Å². The largest absolute Gasteiger partial charge is 0.338 e. The van der Waals surface area contributed by atoms with Gasteiger partial charge in [-0.2, -0.15) is 0 Å². The lowest BCUT2D eigenvalue weighted by Crippen LogP contribution is -2.34. The molecule has 0 spiro atoms. The summed E-state index contributed by atoms with van der Waals surface area (Å²) in [5.74, 6) is 0.450. The summed E-state index contributed by atoms with van der Waals surface area (Å²) in [5.41, 5.74) is 1.29. The Kier molecular flexibility index (Phi) is 5.21. The van der Waals surface area contributed by atoms with Crippen molar-refractivity contribution in [2.75, 3.05) is 13.1 Å². The van der Waals surface area contributed by atoms with Crippen LogP contribution in [0.1, 0.15) is 30.4 Å². The lowest BCUT2D eigenvalue weighted by atomic mass is 10.1. The normalized spacial score (nSPS) is 17.8. The molecule has 0 radical (unpaired) electrons.